The number of nitrogens with zero attached hydrogens (tertiary/aromatic N) is 2. The van der Waals surface area contributed by atoms with Crippen LogP contribution in [0.2, 0.25) is 0 Å². The monoisotopic (exact) mass is 505 g/mol. The van der Waals surface area contributed by atoms with E-state index in [0.29, 0.717) is 37.4 Å². The van der Waals surface area contributed by atoms with Crippen LogP contribution in [-0.2, 0) is 9.59 Å². The highest BCUT2D eigenvalue weighted by Gasteiger charge is 2.49. The minimum Gasteiger partial charge on any atom is -0.497 e. The number of fused-ring (bicyclic) bond motifs is 1. The standard InChI is InChI=1S/C28H35N5O4/c1-37-21-7-8-22-19(13-21)14-23(32-22)27(36)33-17-28(9-3-2-4-10-28)15-24(33)26(35)31-20(16-29)12-18-6-5-11-30-25(18)34/h7-8,13-14,18,20,24,32H,2-6,9-12,15,17H2,1H3,(H,30,34)(H,31,35)/t18-,20-,24?/m0/s1. The van der Waals surface area contributed by atoms with Crippen LogP contribution in [0.3, 0.4) is 0 Å². The van der Waals surface area contributed by atoms with Crippen molar-refractivity contribution in [1.29, 1.82) is 5.26 Å². The normalized spacial score (nSPS) is 23.9. The number of H-pyrrole nitrogens is 1. The molecular weight excluding hydrogens is 470 g/mol. The van der Waals surface area contributed by atoms with Crippen molar-refractivity contribution in [2.75, 3.05) is 20.2 Å². The number of hydrogen-bond acceptors (Lipinski definition) is 5. The van der Waals surface area contributed by atoms with Crippen molar-refractivity contribution in [3.8, 4) is 11.8 Å². The van der Waals surface area contributed by atoms with Crippen LogP contribution in [0.25, 0.3) is 10.9 Å². The molecule has 2 saturated heterocycles. The van der Waals surface area contributed by atoms with Crippen molar-refractivity contribution in [2.24, 2.45) is 11.3 Å². The summed E-state index contributed by atoms with van der Waals surface area (Å²) in [6, 6.07) is 8.13. The molecular formula is C28H35N5O4. The Balaban J connectivity index is 1.36. The Morgan fingerprint density at radius 3 is 2.78 bits per heavy atom. The number of likely N-dealkylation sites (tertiary alicyclic amines) is 1. The molecule has 9 heteroatoms. The third-order valence-electron chi connectivity index (χ3n) is 8.44. The largest absolute Gasteiger partial charge is 0.497 e. The molecule has 3 aliphatic rings. The van der Waals surface area contributed by atoms with Crippen LogP contribution < -0.4 is 15.4 Å². The maximum atomic E-state index is 13.8. The number of nitrogens with one attached hydrogen (secondary N) is 3. The van der Waals surface area contributed by atoms with Crippen molar-refractivity contribution in [2.45, 2.75) is 69.9 Å². The molecule has 1 aliphatic carbocycles. The second-order valence-corrected chi connectivity index (χ2v) is 10.9. The lowest BCUT2D eigenvalue weighted by Gasteiger charge is -2.32. The number of aromatic amines is 1. The molecule has 0 bridgehead atoms. The maximum Gasteiger partial charge on any atom is 0.271 e. The predicted molar refractivity (Wildman–Crippen MR) is 138 cm³/mol. The Morgan fingerprint density at radius 1 is 1.24 bits per heavy atom. The van der Waals surface area contributed by atoms with Crippen molar-refractivity contribution in [1.82, 2.24) is 20.5 Å². The number of carbonyl (C=O) groups excluding carboxylic acids is 3. The van der Waals surface area contributed by atoms with Gasteiger partial charge < -0.3 is 25.3 Å². The zero-order chi connectivity index (χ0) is 26.0. The second-order valence-electron chi connectivity index (χ2n) is 10.9. The first kappa shape index (κ1) is 25.1. The van der Waals surface area contributed by atoms with Gasteiger partial charge in [0.2, 0.25) is 11.8 Å². The fourth-order valence-electron chi connectivity index (χ4n) is 6.43. The molecule has 1 aromatic carbocycles. The number of ether oxygens (including phenoxy) is 1. The SMILES string of the molecule is COc1ccc2[nH]c(C(=O)N3CC4(CCCCC4)CC3C(=O)N[C@H](C#N)C[C@@H]3CCCNC3=O)cc2c1. The summed E-state index contributed by atoms with van der Waals surface area (Å²) in [4.78, 5) is 44.5. The summed E-state index contributed by atoms with van der Waals surface area (Å²) in [5.41, 5.74) is 1.19. The molecule has 5 rings (SSSR count). The molecule has 2 aliphatic heterocycles. The highest BCUT2D eigenvalue weighted by molar-refractivity contribution is 6.01. The van der Waals surface area contributed by atoms with E-state index in [9.17, 15) is 19.6 Å². The zero-order valence-corrected chi connectivity index (χ0v) is 21.3. The van der Waals surface area contributed by atoms with Crippen molar-refractivity contribution >= 4 is 28.6 Å². The average molecular weight is 506 g/mol. The summed E-state index contributed by atoms with van der Waals surface area (Å²) in [6.45, 7) is 1.19. The minimum absolute atomic E-state index is 0.0602. The van der Waals surface area contributed by atoms with E-state index in [2.05, 4.69) is 21.7 Å². The fourth-order valence-corrected chi connectivity index (χ4v) is 6.43. The summed E-state index contributed by atoms with van der Waals surface area (Å²) >= 11 is 0. The molecule has 3 N–H and O–H groups in total. The van der Waals surface area contributed by atoms with Crippen molar-refractivity contribution < 1.29 is 19.1 Å². The molecule has 3 fully saturated rings. The summed E-state index contributed by atoms with van der Waals surface area (Å²) in [7, 11) is 1.60. The first-order valence-corrected chi connectivity index (χ1v) is 13.4. The Kier molecular flexibility index (Phi) is 7.09. The molecule has 2 aromatic rings. The first-order valence-electron chi connectivity index (χ1n) is 13.4. The van der Waals surface area contributed by atoms with Crippen LogP contribution in [0, 0.1) is 22.7 Å². The molecule has 3 atom stereocenters. The summed E-state index contributed by atoms with van der Waals surface area (Å²) in [6.07, 6.45) is 7.82. The van der Waals surface area contributed by atoms with E-state index in [1.807, 2.05) is 18.2 Å². The Morgan fingerprint density at radius 2 is 2.05 bits per heavy atom. The molecule has 1 saturated carbocycles. The second kappa shape index (κ2) is 10.4. The number of amides is 3. The molecule has 3 heterocycles. The highest BCUT2D eigenvalue weighted by atomic mass is 16.5. The smallest absolute Gasteiger partial charge is 0.271 e. The van der Waals surface area contributed by atoms with Crippen molar-refractivity contribution in [3.63, 3.8) is 0 Å². The Bertz CT molecular complexity index is 1220. The zero-order valence-electron chi connectivity index (χ0n) is 21.3. The molecule has 1 aromatic heterocycles. The molecule has 196 valence electrons. The Labute approximate surface area is 216 Å². The number of piperidine rings is 1. The number of rotatable bonds is 6. The van der Waals surface area contributed by atoms with Crippen LogP contribution in [-0.4, -0.2) is 59.9 Å². The van der Waals surface area contributed by atoms with Crippen LogP contribution in [0.15, 0.2) is 24.3 Å². The lowest BCUT2D eigenvalue weighted by atomic mass is 9.72. The summed E-state index contributed by atoms with van der Waals surface area (Å²) in [5, 5.41) is 16.3. The van der Waals surface area contributed by atoms with E-state index in [-0.39, 0.29) is 35.5 Å². The minimum atomic E-state index is -0.776. The van der Waals surface area contributed by atoms with Gasteiger partial charge in [0, 0.05) is 29.9 Å². The van der Waals surface area contributed by atoms with Gasteiger partial charge in [0.25, 0.3) is 5.91 Å². The average Bonchev–Trinajstić information content (AvgIpc) is 3.51. The third kappa shape index (κ3) is 5.15. The van der Waals surface area contributed by atoms with Gasteiger partial charge in [-0.05, 0) is 68.2 Å². The number of methoxy groups -OCH3 is 1. The molecule has 37 heavy (non-hydrogen) atoms. The fraction of sp³-hybridized carbons (Fsp3) is 0.571. The van der Waals surface area contributed by atoms with Gasteiger partial charge in [-0.3, -0.25) is 14.4 Å². The van der Waals surface area contributed by atoms with Gasteiger partial charge in [0.05, 0.1) is 13.2 Å². The summed E-state index contributed by atoms with van der Waals surface area (Å²) in [5.74, 6) is -0.156. The van der Waals surface area contributed by atoms with Crippen LogP contribution in [0.5, 0.6) is 5.75 Å². The number of carbonyl (C=O) groups is 3. The predicted octanol–water partition coefficient (Wildman–Crippen LogP) is 3.27. The summed E-state index contributed by atoms with van der Waals surface area (Å²) < 4.78 is 5.31. The molecule has 0 radical (unpaired) electrons. The molecule has 3 amide bonds. The van der Waals surface area contributed by atoms with Gasteiger partial charge in [0.1, 0.15) is 23.5 Å². The number of benzene rings is 1. The lowest BCUT2D eigenvalue weighted by Crippen LogP contribution is -2.49. The lowest BCUT2D eigenvalue weighted by molar-refractivity contribution is -0.128. The third-order valence-corrected chi connectivity index (χ3v) is 8.44. The number of nitriles is 1. The number of hydrogen-bond donors (Lipinski definition) is 3. The van der Waals surface area contributed by atoms with Crippen molar-refractivity contribution in [3.05, 3.63) is 30.0 Å². The van der Waals surface area contributed by atoms with E-state index >= 15 is 0 Å². The molecule has 1 spiro atoms. The number of aromatic nitrogens is 1. The van der Waals surface area contributed by atoms with Gasteiger partial charge >= 0.3 is 0 Å². The van der Waals surface area contributed by atoms with E-state index in [1.54, 1.807) is 18.1 Å². The van der Waals surface area contributed by atoms with Gasteiger partial charge in [-0.2, -0.15) is 5.26 Å². The molecule has 9 nitrogen and oxygen atoms in total. The van der Waals surface area contributed by atoms with Crippen LogP contribution >= 0.6 is 0 Å². The van der Waals surface area contributed by atoms with E-state index in [0.717, 1.165) is 43.0 Å². The quantitative estimate of drug-likeness (QED) is 0.555. The Hall–Kier alpha value is -3.54. The topological polar surface area (TPSA) is 127 Å². The van der Waals surface area contributed by atoms with Gasteiger partial charge in [-0.25, -0.2) is 0 Å². The van der Waals surface area contributed by atoms with E-state index < -0.39 is 12.1 Å². The van der Waals surface area contributed by atoms with Gasteiger partial charge in [-0.1, -0.05) is 19.3 Å². The van der Waals surface area contributed by atoms with E-state index in [1.165, 1.54) is 6.42 Å². The molecule has 1 unspecified atom stereocenters. The highest BCUT2D eigenvalue weighted by Crippen LogP contribution is 2.46. The van der Waals surface area contributed by atoms with Gasteiger partial charge in [-0.15, -0.1) is 0 Å². The van der Waals surface area contributed by atoms with Crippen LogP contribution in [0.4, 0.5) is 0 Å². The maximum absolute atomic E-state index is 13.8. The van der Waals surface area contributed by atoms with Gasteiger partial charge in [0.15, 0.2) is 0 Å². The van der Waals surface area contributed by atoms with E-state index in [4.69, 9.17) is 4.74 Å². The first-order chi connectivity index (χ1) is 17.9. The van der Waals surface area contributed by atoms with Crippen LogP contribution in [0.1, 0.15) is 68.3 Å².